The predicted molar refractivity (Wildman–Crippen MR) is 126 cm³/mol. The lowest BCUT2D eigenvalue weighted by molar-refractivity contribution is -0.384. The van der Waals surface area contributed by atoms with Gasteiger partial charge in [-0.1, -0.05) is 35.9 Å². The van der Waals surface area contributed by atoms with Crippen LogP contribution >= 0.6 is 23.4 Å². The van der Waals surface area contributed by atoms with E-state index >= 15 is 0 Å². The Morgan fingerprint density at radius 3 is 2.82 bits per heavy atom. The highest BCUT2D eigenvalue weighted by Crippen LogP contribution is 2.33. The van der Waals surface area contributed by atoms with E-state index in [9.17, 15) is 24.5 Å². The van der Waals surface area contributed by atoms with E-state index in [2.05, 4.69) is 10.3 Å². The molecule has 3 amide bonds. The maximum Gasteiger partial charge on any atom is 0.293 e. The molecule has 1 aliphatic rings. The Labute approximate surface area is 196 Å². The number of carbonyl (C=O) groups is 3. The first-order chi connectivity index (χ1) is 15.8. The number of carbonyl (C=O) groups excluding carboxylic acids is 3. The van der Waals surface area contributed by atoms with Crippen molar-refractivity contribution in [3.05, 3.63) is 79.8 Å². The topological polar surface area (TPSA) is 125 Å². The zero-order valence-corrected chi connectivity index (χ0v) is 18.6. The fraction of sp³-hybridized carbons (Fsp3) is 0.136. The van der Waals surface area contributed by atoms with Crippen LogP contribution in [-0.2, 0) is 16.0 Å². The molecule has 0 unspecified atom stereocenters. The molecule has 0 aliphatic carbocycles. The Kier molecular flexibility index (Phi) is 6.47. The molecule has 2 N–H and O–H groups in total. The van der Waals surface area contributed by atoms with Crippen molar-refractivity contribution in [3.8, 4) is 0 Å². The third-order valence-electron chi connectivity index (χ3n) is 5.02. The molecule has 0 spiro atoms. The smallest absolute Gasteiger partial charge is 0.293 e. The van der Waals surface area contributed by atoms with Gasteiger partial charge >= 0.3 is 0 Å². The molecule has 1 fully saturated rings. The first-order valence-corrected chi connectivity index (χ1v) is 11.0. The normalized spacial score (nSPS) is 14.9. The number of fused-ring (bicyclic) bond motifs is 1. The number of hydrogen-bond donors (Lipinski definition) is 2. The Bertz CT molecular complexity index is 1320. The number of benzene rings is 2. The summed E-state index contributed by atoms with van der Waals surface area (Å²) in [4.78, 5) is 51.9. The van der Waals surface area contributed by atoms with Gasteiger partial charge in [0.1, 0.15) is 5.02 Å². The van der Waals surface area contributed by atoms with Crippen molar-refractivity contribution < 1.29 is 19.3 Å². The van der Waals surface area contributed by atoms with Gasteiger partial charge < -0.3 is 10.3 Å². The fourth-order valence-corrected chi connectivity index (χ4v) is 4.48. The highest BCUT2D eigenvalue weighted by molar-refractivity contribution is 8.18. The Hall–Kier alpha value is -3.63. The van der Waals surface area contributed by atoms with Crippen LogP contribution in [-0.4, -0.2) is 45.0 Å². The third kappa shape index (κ3) is 4.91. The summed E-state index contributed by atoms with van der Waals surface area (Å²) in [5.74, 6) is -0.746. The van der Waals surface area contributed by atoms with E-state index in [-0.39, 0.29) is 41.0 Å². The molecule has 1 aromatic heterocycles. The fourth-order valence-electron chi connectivity index (χ4n) is 3.42. The summed E-state index contributed by atoms with van der Waals surface area (Å²) in [6, 6.07) is 11.8. The van der Waals surface area contributed by atoms with Crippen LogP contribution in [0.15, 0.2) is 53.6 Å². The van der Waals surface area contributed by atoms with E-state index in [1.807, 2.05) is 24.3 Å². The van der Waals surface area contributed by atoms with Crippen LogP contribution in [0, 0.1) is 10.1 Å². The summed E-state index contributed by atoms with van der Waals surface area (Å²) in [6.07, 6.45) is 3.36. The van der Waals surface area contributed by atoms with Crippen LogP contribution in [0.25, 0.3) is 17.0 Å². The standard InChI is InChI=1S/C22H17ClN4O5S/c23-16-6-5-13(9-18(16)27(31)32)10-19-21(29)26(22(30)33-19)8-7-24-20(28)11-14-12-25-17-4-2-1-3-15(14)17/h1-6,9-10,12,25H,7-8,11H2,(H,24,28)/b19-10-. The molecular formula is C22H17ClN4O5S. The van der Waals surface area contributed by atoms with Crippen LogP contribution in [0.5, 0.6) is 0 Å². The molecule has 0 saturated carbocycles. The summed E-state index contributed by atoms with van der Waals surface area (Å²) in [5.41, 5.74) is 1.89. The van der Waals surface area contributed by atoms with Crippen LogP contribution < -0.4 is 5.32 Å². The lowest BCUT2D eigenvalue weighted by Crippen LogP contribution is -2.37. The molecule has 1 aliphatic heterocycles. The van der Waals surface area contributed by atoms with E-state index in [1.54, 1.807) is 6.20 Å². The zero-order valence-electron chi connectivity index (χ0n) is 17.0. The van der Waals surface area contributed by atoms with Gasteiger partial charge in [-0.2, -0.15) is 0 Å². The maximum absolute atomic E-state index is 12.6. The summed E-state index contributed by atoms with van der Waals surface area (Å²) in [5, 5.41) is 14.2. The average molecular weight is 485 g/mol. The monoisotopic (exact) mass is 484 g/mol. The second-order valence-corrected chi connectivity index (χ2v) is 8.59. The average Bonchev–Trinajstić information content (AvgIpc) is 3.30. The van der Waals surface area contributed by atoms with Gasteiger partial charge in [0.25, 0.3) is 16.8 Å². The van der Waals surface area contributed by atoms with Crippen molar-refractivity contribution in [2.24, 2.45) is 0 Å². The number of aromatic amines is 1. The molecule has 0 radical (unpaired) electrons. The van der Waals surface area contributed by atoms with Gasteiger partial charge in [0.2, 0.25) is 5.91 Å². The summed E-state index contributed by atoms with van der Waals surface area (Å²) in [7, 11) is 0. The van der Waals surface area contributed by atoms with Crippen molar-refractivity contribution in [1.82, 2.24) is 15.2 Å². The number of nitro benzene ring substituents is 1. The van der Waals surface area contributed by atoms with Crippen LogP contribution in [0.4, 0.5) is 10.5 Å². The van der Waals surface area contributed by atoms with E-state index in [1.165, 1.54) is 24.3 Å². The molecule has 0 bridgehead atoms. The summed E-state index contributed by atoms with van der Waals surface area (Å²) in [6.45, 7) is 0.126. The molecule has 4 rings (SSSR count). The first kappa shape index (κ1) is 22.6. The van der Waals surface area contributed by atoms with E-state index < -0.39 is 16.1 Å². The molecule has 168 valence electrons. The van der Waals surface area contributed by atoms with Gasteiger partial charge in [0, 0.05) is 36.3 Å². The van der Waals surface area contributed by atoms with Gasteiger partial charge in [-0.15, -0.1) is 0 Å². The Balaban J connectivity index is 1.35. The van der Waals surface area contributed by atoms with Crippen molar-refractivity contribution >= 4 is 63.1 Å². The quantitative estimate of drug-likeness (QED) is 0.295. The number of halogens is 1. The maximum atomic E-state index is 12.6. The highest BCUT2D eigenvalue weighted by Gasteiger charge is 2.34. The van der Waals surface area contributed by atoms with Crippen LogP contribution in [0.3, 0.4) is 0 Å². The number of imide groups is 1. The van der Waals surface area contributed by atoms with Crippen LogP contribution in [0.2, 0.25) is 5.02 Å². The lowest BCUT2D eigenvalue weighted by atomic mass is 10.1. The second-order valence-electron chi connectivity index (χ2n) is 7.19. The number of nitrogens with zero attached hydrogens (tertiary/aromatic N) is 2. The lowest BCUT2D eigenvalue weighted by Gasteiger charge is -2.13. The molecule has 1 saturated heterocycles. The second kappa shape index (κ2) is 9.47. The van der Waals surface area contributed by atoms with Gasteiger partial charge in [0.05, 0.1) is 16.2 Å². The number of thioether (sulfide) groups is 1. The number of amides is 3. The summed E-state index contributed by atoms with van der Waals surface area (Å²) >= 11 is 6.54. The highest BCUT2D eigenvalue weighted by atomic mass is 35.5. The molecule has 2 aromatic carbocycles. The van der Waals surface area contributed by atoms with Crippen molar-refractivity contribution in [1.29, 1.82) is 0 Å². The van der Waals surface area contributed by atoms with Crippen molar-refractivity contribution in [2.75, 3.05) is 13.1 Å². The number of aromatic nitrogens is 1. The minimum Gasteiger partial charge on any atom is -0.361 e. The molecule has 11 heteroatoms. The Morgan fingerprint density at radius 1 is 1.24 bits per heavy atom. The SMILES string of the molecule is O=C(Cc1c[nH]c2ccccc12)NCCN1C(=O)S/C(=C\c2ccc(Cl)c([N+](=O)[O-])c2)C1=O. The molecule has 9 nitrogen and oxygen atoms in total. The van der Waals surface area contributed by atoms with Gasteiger partial charge in [0.15, 0.2) is 0 Å². The first-order valence-electron chi connectivity index (χ1n) is 9.84. The largest absolute Gasteiger partial charge is 0.361 e. The number of nitrogens with one attached hydrogen (secondary N) is 2. The number of nitro groups is 1. The molecular weight excluding hydrogens is 468 g/mol. The van der Waals surface area contributed by atoms with E-state index in [0.717, 1.165) is 33.1 Å². The Morgan fingerprint density at radius 2 is 2.03 bits per heavy atom. The number of para-hydroxylation sites is 1. The van der Waals surface area contributed by atoms with Crippen molar-refractivity contribution in [3.63, 3.8) is 0 Å². The van der Waals surface area contributed by atoms with E-state index in [4.69, 9.17) is 11.6 Å². The van der Waals surface area contributed by atoms with Gasteiger partial charge in [-0.3, -0.25) is 29.4 Å². The van der Waals surface area contributed by atoms with Gasteiger partial charge in [-0.25, -0.2) is 0 Å². The van der Waals surface area contributed by atoms with Crippen molar-refractivity contribution in [2.45, 2.75) is 6.42 Å². The van der Waals surface area contributed by atoms with Gasteiger partial charge in [-0.05, 0) is 41.1 Å². The molecule has 3 aromatic rings. The minimum absolute atomic E-state index is 0.0163. The van der Waals surface area contributed by atoms with Crippen LogP contribution in [0.1, 0.15) is 11.1 Å². The molecule has 2 heterocycles. The third-order valence-corrected chi connectivity index (χ3v) is 6.25. The molecule has 33 heavy (non-hydrogen) atoms. The van der Waals surface area contributed by atoms with E-state index in [0.29, 0.717) is 5.56 Å². The minimum atomic E-state index is -0.621. The summed E-state index contributed by atoms with van der Waals surface area (Å²) < 4.78 is 0. The zero-order chi connectivity index (χ0) is 23.5. The number of H-pyrrole nitrogens is 1. The number of hydrogen-bond acceptors (Lipinski definition) is 6. The number of rotatable bonds is 7. The molecule has 0 atom stereocenters. The predicted octanol–water partition coefficient (Wildman–Crippen LogP) is 4.12.